The van der Waals surface area contributed by atoms with Crippen molar-refractivity contribution in [2.24, 2.45) is 5.92 Å². The van der Waals surface area contributed by atoms with Crippen LogP contribution in [0.4, 0.5) is 4.39 Å². The molecule has 1 aliphatic carbocycles. The summed E-state index contributed by atoms with van der Waals surface area (Å²) in [4.78, 5) is 11.1. The van der Waals surface area contributed by atoms with Gasteiger partial charge in [-0.15, -0.1) is 10.2 Å². The van der Waals surface area contributed by atoms with Gasteiger partial charge in [-0.2, -0.15) is 0 Å². The zero-order valence-electron chi connectivity index (χ0n) is 14.5. The van der Waals surface area contributed by atoms with Crippen molar-refractivity contribution in [3.8, 4) is 0 Å². The van der Waals surface area contributed by atoms with Crippen molar-refractivity contribution in [2.45, 2.75) is 45.6 Å². The first-order valence-electron chi connectivity index (χ1n) is 8.54. The number of hydrogen-bond donors (Lipinski definition) is 1. The Hall–Kier alpha value is -2.50. The molecule has 0 saturated heterocycles. The molecule has 2 atom stereocenters. The van der Waals surface area contributed by atoms with Gasteiger partial charge in [0.05, 0.1) is 0 Å². The van der Waals surface area contributed by atoms with Crippen molar-refractivity contribution in [3.63, 3.8) is 0 Å². The van der Waals surface area contributed by atoms with Crippen LogP contribution in [0.25, 0.3) is 11.6 Å². The number of halogens is 1. The molecule has 3 rings (SSSR count). The van der Waals surface area contributed by atoms with Gasteiger partial charge in [0.25, 0.3) is 0 Å². The predicted octanol–water partition coefficient (Wildman–Crippen LogP) is 3.62. The molecule has 1 amide bonds. The van der Waals surface area contributed by atoms with Crippen LogP contribution in [-0.2, 0) is 11.2 Å². The molecule has 1 saturated carbocycles. The van der Waals surface area contributed by atoms with Gasteiger partial charge in [-0.05, 0) is 43.7 Å². The molecular weight excluding hydrogens is 321 g/mol. The highest BCUT2D eigenvalue weighted by Gasteiger charge is 2.26. The van der Waals surface area contributed by atoms with E-state index in [2.05, 4.69) is 15.5 Å². The fourth-order valence-corrected chi connectivity index (χ4v) is 3.38. The second kappa shape index (κ2) is 7.59. The fraction of sp³-hybridized carbons (Fsp3) is 0.421. The van der Waals surface area contributed by atoms with E-state index in [-0.39, 0.29) is 17.8 Å². The lowest BCUT2D eigenvalue weighted by Gasteiger charge is -2.10. The molecule has 132 valence electrons. The third-order valence-electron chi connectivity index (χ3n) is 4.53. The van der Waals surface area contributed by atoms with Gasteiger partial charge in [-0.3, -0.25) is 4.79 Å². The number of nitrogens with zero attached hydrogens (tertiary/aromatic N) is 2. The lowest BCUT2D eigenvalue weighted by Crippen LogP contribution is -2.30. The quantitative estimate of drug-likeness (QED) is 0.900. The standard InChI is InChI=1S/C19H22FN3O2/c1-12(16-5-3-4-6-17(16)20)9-18-22-23-19(25-18)11-14-7-8-15(10-14)21-13(2)24/h3-6,9,14-15H,7-8,10-11H2,1-2H3,(H,21,24)/t14-,15+/m1/s1. The van der Waals surface area contributed by atoms with E-state index in [0.717, 1.165) is 24.8 Å². The maximum atomic E-state index is 13.8. The fourth-order valence-electron chi connectivity index (χ4n) is 3.38. The van der Waals surface area contributed by atoms with Crippen molar-refractivity contribution in [3.05, 3.63) is 47.4 Å². The summed E-state index contributed by atoms with van der Waals surface area (Å²) < 4.78 is 19.5. The van der Waals surface area contributed by atoms with Gasteiger partial charge in [0.15, 0.2) is 0 Å². The van der Waals surface area contributed by atoms with Gasteiger partial charge < -0.3 is 9.73 Å². The van der Waals surface area contributed by atoms with Crippen LogP contribution >= 0.6 is 0 Å². The molecular formula is C19H22FN3O2. The SMILES string of the molecule is CC(=O)N[C@H]1CC[C@@H](Cc2nnc(C=C(C)c3ccccc3F)o2)C1. The predicted molar refractivity (Wildman–Crippen MR) is 92.9 cm³/mol. The molecule has 25 heavy (non-hydrogen) atoms. The van der Waals surface area contributed by atoms with Crippen LogP contribution in [0.15, 0.2) is 28.7 Å². The van der Waals surface area contributed by atoms with Gasteiger partial charge in [0.1, 0.15) is 5.82 Å². The highest BCUT2D eigenvalue weighted by Crippen LogP contribution is 2.28. The summed E-state index contributed by atoms with van der Waals surface area (Å²) in [7, 11) is 0. The summed E-state index contributed by atoms with van der Waals surface area (Å²) in [5.41, 5.74) is 1.26. The molecule has 1 N–H and O–H groups in total. The van der Waals surface area contributed by atoms with Crippen LogP contribution in [0.5, 0.6) is 0 Å². The zero-order valence-corrected chi connectivity index (χ0v) is 14.5. The minimum atomic E-state index is -0.272. The van der Waals surface area contributed by atoms with Crippen molar-refractivity contribution in [1.29, 1.82) is 0 Å². The number of carbonyl (C=O) groups excluding carboxylic acids is 1. The Labute approximate surface area is 146 Å². The summed E-state index contributed by atoms with van der Waals surface area (Å²) in [5, 5.41) is 11.1. The van der Waals surface area contributed by atoms with E-state index in [1.807, 2.05) is 6.92 Å². The second-order valence-electron chi connectivity index (χ2n) is 6.62. The molecule has 0 aliphatic heterocycles. The summed E-state index contributed by atoms with van der Waals surface area (Å²) in [6.45, 7) is 3.36. The number of rotatable bonds is 5. The molecule has 0 bridgehead atoms. The molecule has 1 fully saturated rings. The Morgan fingerprint density at radius 2 is 2.12 bits per heavy atom. The van der Waals surface area contributed by atoms with Crippen LogP contribution in [0, 0.1) is 11.7 Å². The van der Waals surface area contributed by atoms with Crippen LogP contribution in [-0.4, -0.2) is 22.1 Å². The van der Waals surface area contributed by atoms with E-state index < -0.39 is 0 Å². The third kappa shape index (κ3) is 4.53. The first-order valence-corrected chi connectivity index (χ1v) is 8.54. The first-order chi connectivity index (χ1) is 12.0. The average Bonchev–Trinajstić information content (AvgIpc) is 3.17. The van der Waals surface area contributed by atoms with Crippen LogP contribution in [0.3, 0.4) is 0 Å². The van der Waals surface area contributed by atoms with E-state index in [9.17, 15) is 9.18 Å². The molecule has 1 heterocycles. The van der Waals surface area contributed by atoms with E-state index in [1.165, 1.54) is 6.07 Å². The maximum absolute atomic E-state index is 13.8. The van der Waals surface area contributed by atoms with Crippen molar-refractivity contribution < 1.29 is 13.6 Å². The second-order valence-corrected chi connectivity index (χ2v) is 6.62. The maximum Gasteiger partial charge on any atom is 0.240 e. The Bertz CT molecular complexity index is 784. The van der Waals surface area contributed by atoms with Crippen LogP contribution in [0.1, 0.15) is 50.5 Å². The first kappa shape index (κ1) is 17.3. The Morgan fingerprint density at radius 3 is 2.88 bits per heavy atom. The number of amides is 1. The smallest absolute Gasteiger partial charge is 0.240 e. The number of benzene rings is 1. The average molecular weight is 343 g/mol. The zero-order chi connectivity index (χ0) is 17.8. The highest BCUT2D eigenvalue weighted by molar-refractivity contribution is 5.78. The normalized spacial score (nSPS) is 20.7. The minimum absolute atomic E-state index is 0.0134. The van der Waals surface area contributed by atoms with Gasteiger partial charge in [0.2, 0.25) is 17.7 Å². The van der Waals surface area contributed by atoms with E-state index in [0.29, 0.717) is 29.7 Å². The molecule has 2 aromatic rings. The Morgan fingerprint density at radius 1 is 1.32 bits per heavy atom. The Balaban J connectivity index is 1.62. The van der Waals surface area contributed by atoms with Gasteiger partial charge in [0, 0.05) is 31.0 Å². The topological polar surface area (TPSA) is 68.0 Å². The molecule has 5 nitrogen and oxygen atoms in total. The minimum Gasteiger partial charge on any atom is -0.421 e. The number of aromatic nitrogens is 2. The summed E-state index contributed by atoms with van der Waals surface area (Å²) in [6.07, 6.45) is 5.35. The summed E-state index contributed by atoms with van der Waals surface area (Å²) in [6, 6.07) is 6.84. The molecule has 1 aromatic carbocycles. The molecule has 1 aromatic heterocycles. The summed E-state index contributed by atoms with van der Waals surface area (Å²) in [5.74, 6) is 1.14. The lowest BCUT2D eigenvalue weighted by atomic mass is 10.0. The van der Waals surface area contributed by atoms with E-state index in [1.54, 1.807) is 31.2 Å². The van der Waals surface area contributed by atoms with E-state index >= 15 is 0 Å². The number of carbonyl (C=O) groups is 1. The van der Waals surface area contributed by atoms with Gasteiger partial charge >= 0.3 is 0 Å². The van der Waals surface area contributed by atoms with Crippen molar-refractivity contribution in [1.82, 2.24) is 15.5 Å². The third-order valence-corrected chi connectivity index (χ3v) is 4.53. The van der Waals surface area contributed by atoms with Crippen molar-refractivity contribution in [2.75, 3.05) is 0 Å². The lowest BCUT2D eigenvalue weighted by molar-refractivity contribution is -0.119. The molecule has 0 unspecified atom stereocenters. The summed E-state index contributed by atoms with van der Waals surface area (Å²) >= 11 is 0. The van der Waals surface area contributed by atoms with Crippen molar-refractivity contribution >= 4 is 17.6 Å². The Kier molecular flexibility index (Phi) is 5.26. The van der Waals surface area contributed by atoms with E-state index in [4.69, 9.17) is 4.42 Å². The molecule has 0 radical (unpaired) electrons. The highest BCUT2D eigenvalue weighted by atomic mass is 19.1. The van der Waals surface area contributed by atoms with Crippen LogP contribution in [0.2, 0.25) is 0 Å². The molecule has 6 heteroatoms. The largest absolute Gasteiger partial charge is 0.421 e. The van der Waals surface area contributed by atoms with Gasteiger partial charge in [-0.1, -0.05) is 18.2 Å². The van der Waals surface area contributed by atoms with Crippen LogP contribution < -0.4 is 5.32 Å². The number of allylic oxidation sites excluding steroid dienone is 1. The monoisotopic (exact) mass is 343 g/mol. The molecule has 1 aliphatic rings. The molecule has 0 spiro atoms. The number of nitrogens with one attached hydrogen (secondary N) is 1. The number of hydrogen-bond acceptors (Lipinski definition) is 4. The van der Waals surface area contributed by atoms with Gasteiger partial charge in [-0.25, -0.2) is 4.39 Å².